The molecule has 5 heteroatoms. The third kappa shape index (κ3) is 1.92. The summed E-state index contributed by atoms with van der Waals surface area (Å²) in [4.78, 5) is 12.1. The van der Waals surface area contributed by atoms with Gasteiger partial charge in [0, 0.05) is 26.2 Å². The molecular weight excluding hydrogens is 194 g/mol. The van der Waals surface area contributed by atoms with Gasteiger partial charge in [0.25, 0.3) is 0 Å². The summed E-state index contributed by atoms with van der Waals surface area (Å²) in [5.74, 6) is 0.837. The Hall–Kier alpha value is -1.23. The number of aryl methyl sites for hydroxylation is 1. The number of ether oxygens (including phenoxy) is 1. The molecule has 0 bridgehead atoms. The van der Waals surface area contributed by atoms with Gasteiger partial charge in [0.15, 0.2) is 5.82 Å². The molecule has 2 rings (SSSR count). The first kappa shape index (κ1) is 10.3. The molecule has 0 saturated carbocycles. The van der Waals surface area contributed by atoms with Crippen LogP contribution < -0.4 is 0 Å². The van der Waals surface area contributed by atoms with Gasteiger partial charge in [-0.05, 0) is 12.3 Å². The molecule has 0 aliphatic carbocycles. The van der Waals surface area contributed by atoms with E-state index in [2.05, 4.69) is 10.2 Å². The second-order valence-electron chi connectivity index (χ2n) is 4.08. The van der Waals surface area contributed by atoms with E-state index in [0.29, 0.717) is 19.0 Å². The van der Waals surface area contributed by atoms with Crippen LogP contribution >= 0.6 is 0 Å². The fraction of sp³-hybridized carbons (Fsp3) is 0.700. The van der Waals surface area contributed by atoms with Gasteiger partial charge in [-0.1, -0.05) is 6.92 Å². The number of rotatable bonds is 2. The number of hydrogen-bond acceptors (Lipinski definition) is 4. The number of carbonyl (C=O) groups excluding carboxylic acids is 1. The highest BCUT2D eigenvalue weighted by atomic mass is 16.5. The van der Waals surface area contributed by atoms with Crippen LogP contribution in [0, 0.1) is 11.8 Å². The summed E-state index contributed by atoms with van der Waals surface area (Å²) in [6, 6.07) is 0. The van der Waals surface area contributed by atoms with Crippen molar-refractivity contribution in [3.05, 3.63) is 12.2 Å². The maximum atomic E-state index is 12.1. The zero-order valence-corrected chi connectivity index (χ0v) is 9.01. The van der Waals surface area contributed by atoms with Gasteiger partial charge in [-0.15, -0.1) is 10.2 Å². The zero-order valence-electron chi connectivity index (χ0n) is 9.01. The van der Waals surface area contributed by atoms with Crippen LogP contribution in [0.3, 0.4) is 0 Å². The second kappa shape index (κ2) is 4.10. The molecule has 1 aliphatic rings. The molecule has 1 saturated heterocycles. The number of nitrogens with zero attached hydrogens (tertiary/aromatic N) is 3. The van der Waals surface area contributed by atoms with E-state index >= 15 is 0 Å². The molecule has 1 aromatic rings. The molecule has 2 atom stereocenters. The molecule has 0 aromatic carbocycles. The van der Waals surface area contributed by atoms with Crippen LogP contribution in [-0.2, 0) is 11.8 Å². The number of hydrogen-bond donors (Lipinski definition) is 0. The smallest absolute Gasteiger partial charge is 0.203 e. The molecule has 0 radical (unpaired) electrons. The van der Waals surface area contributed by atoms with Crippen molar-refractivity contribution in [1.29, 1.82) is 0 Å². The van der Waals surface area contributed by atoms with E-state index in [4.69, 9.17) is 4.74 Å². The molecule has 2 unspecified atom stereocenters. The summed E-state index contributed by atoms with van der Waals surface area (Å²) in [7, 11) is 1.79. The van der Waals surface area contributed by atoms with Gasteiger partial charge in [-0.25, -0.2) is 0 Å². The maximum absolute atomic E-state index is 12.1. The van der Waals surface area contributed by atoms with Gasteiger partial charge < -0.3 is 9.30 Å². The Kier molecular flexibility index (Phi) is 2.81. The molecule has 0 N–H and O–H groups in total. The number of aromatic nitrogens is 3. The fourth-order valence-electron chi connectivity index (χ4n) is 1.94. The topological polar surface area (TPSA) is 57.0 Å². The first-order valence-corrected chi connectivity index (χ1v) is 5.16. The van der Waals surface area contributed by atoms with Crippen molar-refractivity contribution in [3.63, 3.8) is 0 Å². The summed E-state index contributed by atoms with van der Waals surface area (Å²) in [6.45, 7) is 3.37. The lowest BCUT2D eigenvalue weighted by molar-refractivity contribution is 0.0234. The van der Waals surface area contributed by atoms with Crippen molar-refractivity contribution in [2.24, 2.45) is 18.9 Å². The van der Waals surface area contributed by atoms with E-state index in [0.717, 1.165) is 6.42 Å². The summed E-state index contributed by atoms with van der Waals surface area (Å²) < 4.78 is 6.99. The molecule has 1 aliphatic heterocycles. The van der Waals surface area contributed by atoms with Crippen molar-refractivity contribution in [2.75, 3.05) is 13.2 Å². The molecule has 1 aromatic heterocycles. The summed E-state index contributed by atoms with van der Waals surface area (Å²) in [5, 5.41) is 7.57. The molecule has 15 heavy (non-hydrogen) atoms. The minimum absolute atomic E-state index is 0.0293. The third-order valence-electron chi connectivity index (χ3n) is 2.91. The number of carbonyl (C=O) groups is 1. The third-order valence-corrected chi connectivity index (χ3v) is 2.91. The van der Waals surface area contributed by atoms with Gasteiger partial charge in [-0.2, -0.15) is 0 Å². The molecular formula is C10H15N3O2. The normalized spacial score (nSPS) is 26.5. The van der Waals surface area contributed by atoms with Crippen LogP contribution in [0.25, 0.3) is 0 Å². The molecule has 5 nitrogen and oxygen atoms in total. The average Bonchev–Trinajstić information content (AvgIpc) is 2.64. The van der Waals surface area contributed by atoms with Crippen molar-refractivity contribution in [1.82, 2.24) is 14.8 Å². The lowest BCUT2D eigenvalue weighted by Crippen LogP contribution is -2.32. The van der Waals surface area contributed by atoms with Crippen LogP contribution in [0.15, 0.2) is 6.33 Å². The fourth-order valence-corrected chi connectivity index (χ4v) is 1.94. The molecule has 0 spiro atoms. The number of Topliss-reactive ketones (excluding diaryl/α,β-unsaturated/α-hetero) is 1. The van der Waals surface area contributed by atoms with Crippen molar-refractivity contribution >= 4 is 5.78 Å². The Labute approximate surface area is 88.4 Å². The highest BCUT2D eigenvalue weighted by Crippen LogP contribution is 2.24. The van der Waals surface area contributed by atoms with E-state index < -0.39 is 0 Å². The maximum Gasteiger partial charge on any atom is 0.203 e. The van der Waals surface area contributed by atoms with Crippen molar-refractivity contribution in [3.8, 4) is 0 Å². The highest BCUT2D eigenvalue weighted by molar-refractivity contribution is 5.94. The summed E-state index contributed by atoms with van der Waals surface area (Å²) in [6.07, 6.45) is 2.34. The van der Waals surface area contributed by atoms with E-state index in [1.807, 2.05) is 6.92 Å². The van der Waals surface area contributed by atoms with E-state index in [9.17, 15) is 4.79 Å². The standard InChI is InChI=1S/C10H15N3O2/c1-7-5-15-4-3-8(7)9(14)10-12-11-6-13(10)2/h6-8H,3-5H2,1-2H3. The quantitative estimate of drug-likeness (QED) is 0.672. The van der Waals surface area contributed by atoms with E-state index in [1.165, 1.54) is 0 Å². The Morgan fingerprint density at radius 3 is 3.07 bits per heavy atom. The average molecular weight is 209 g/mol. The van der Waals surface area contributed by atoms with E-state index in [-0.39, 0.29) is 17.6 Å². The van der Waals surface area contributed by atoms with E-state index in [1.54, 1.807) is 17.9 Å². The molecule has 82 valence electrons. The van der Waals surface area contributed by atoms with Gasteiger partial charge >= 0.3 is 0 Å². The molecule has 1 fully saturated rings. The van der Waals surface area contributed by atoms with Crippen LogP contribution in [0.4, 0.5) is 0 Å². The van der Waals surface area contributed by atoms with Crippen LogP contribution in [-0.4, -0.2) is 33.8 Å². The van der Waals surface area contributed by atoms with Crippen LogP contribution in [0.1, 0.15) is 24.0 Å². The highest BCUT2D eigenvalue weighted by Gasteiger charge is 2.31. The van der Waals surface area contributed by atoms with Crippen LogP contribution in [0.2, 0.25) is 0 Å². The molecule has 2 heterocycles. The second-order valence-corrected chi connectivity index (χ2v) is 4.08. The van der Waals surface area contributed by atoms with Gasteiger partial charge in [0.05, 0.1) is 0 Å². The predicted octanol–water partition coefficient (Wildman–Crippen LogP) is 0.670. The Morgan fingerprint density at radius 1 is 1.67 bits per heavy atom. The van der Waals surface area contributed by atoms with Gasteiger partial charge in [0.2, 0.25) is 5.78 Å². The molecule has 0 amide bonds. The lowest BCUT2D eigenvalue weighted by atomic mass is 9.86. The van der Waals surface area contributed by atoms with Crippen molar-refractivity contribution in [2.45, 2.75) is 13.3 Å². The predicted molar refractivity (Wildman–Crippen MR) is 53.4 cm³/mol. The summed E-state index contributed by atoms with van der Waals surface area (Å²) >= 11 is 0. The minimum Gasteiger partial charge on any atom is -0.381 e. The Bertz CT molecular complexity index is 361. The number of ketones is 1. The minimum atomic E-state index is 0.0293. The monoisotopic (exact) mass is 209 g/mol. The Balaban J connectivity index is 2.17. The largest absolute Gasteiger partial charge is 0.381 e. The Morgan fingerprint density at radius 2 is 2.47 bits per heavy atom. The summed E-state index contributed by atoms with van der Waals surface area (Å²) in [5.41, 5.74) is 0. The van der Waals surface area contributed by atoms with Crippen LogP contribution in [0.5, 0.6) is 0 Å². The first-order chi connectivity index (χ1) is 7.20. The first-order valence-electron chi connectivity index (χ1n) is 5.16. The van der Waals surface area contributed by atoms with Gasteiger partial charge in [0.1, 0.15) is 6.33 Å². The van der Waals surface area contributed by atoms with Crippen molar-refractivity contribution < 1.29 is 9.53 Å². The van der Waals surface area contributed by atoms with Gasteiger partial charge in [-0.3, -0.25) is 4.79 Å². The lowest BCUT2D eigenvalue weighted by Gasteiger charge is -2.27. The zero-order chi connectivity index (χ0) is 10.8. The SMILES string of the molecule is CC1COCCC1C(=O)c1nncn1C.